The molecule has 0 radical (unpaired) electrons. The second kappa shape index (κ2) is 10.6. The summed E-state index contributed by atoms with van der Waals surface area (Å²) in [6, 6.07) is 5.62. The Labute approximate surface area is 204 Å². The molecule has 0 unspecified atom stereocenters. The van der Waals surface area contributed by atoms with Crippen molar-refractivity contribution in [2.75, 3.05) is 59.0 Å². The first kappa shape index (κ1) is 24.2. The molecule has 3 heterocycles. The molecule has 34 heavy (non-hydrogen) atoms. The van der Waals surface area contributed by atoms with Crippen molar-refractivity contribution in [3.05, 3.63) is 29.3 Å². The molecule has 5 rings (SSSR count). The number of morpholine rings is 1. The van der Waals surface area contributed by atoms with Crippen molar-refractivity contribution in [3.8, 4) is 0 Å². The van der Waals surface area contributed by atoms with E-state index in [1.165, 1.54) is 17.5 Å². The van der Waals surface area contributed by atoms with E-state index in [9.17, 15) is 13.2 Å². The van der Waals surface area contributed by atoms with Crippen LogP contribution in [0, 0.1) is 11.8 Å². The highest BCUT2D eigenvalue weighted by Gasteiger charge is 2.35. The molecule has 3 fully saturated rings. The highest BCUT2D eigenvalue weighted by atomic mass is 32.2. The van der Waals surface area contributed by atoms with Crippen LogP contribution in [-0.2, 0) is 32.4 Å². The number of carbonyl (C=O) groups excluding carboxylic acids is 1. The Morgan fingerprint density at radius 2 is 1.62 bits per heavy atom. The predicted molar refractivity (Wildman–Crippen MR) is 131 cm³/mol. The second-order valence-electron chi connectivity index (χ2n) is 10.5. The third-order valence-corrected chi connectivity index (χ3v) is 10.3. The number of carbonyl (C=O) groups is 1. The van der Waals surface area contributed by atoms with E-state index in [-0.39, 0.29) is 11.8 Å². The highest BCUT2D eigenvalue weighted by Crippen LogP contribution is 2.30. The van der Waals surface area contributed by atoms with Crippen LogP contribution in [0.2, 0.25) is 0 Å². The van der Waals surface area contributed by atoms with Gasteiger partial charge in [0.25, 0.3) is 0 Å². The summed E-state index contributed by atoms with van der Waals surface area (Å²) < 4.78 is 33.4. The molecule has 1 aliphatic carbocycles. The van der Waals surface area contributed by atoms with Crippen molar-refractivity contribution < 1.29 is 17.9 Å². The monoisotopic (exact) mass is 489 g/mol. The molecular formula is C26H39N3O4S. The zero-order valence-corrected chi connectivity index (χ0v) is 21.1. The lowest BCUT2D eigenvalue weighted by molar-refractivity contribution is -0.138. The molecule has 4 aliphatic rings. The van der Waals surface area contributed by atoms with E-state index in [2.05, 4.69) is 4.90 Å². The quantitative estimate of drug-likeness (QED) is 0.614. The van der Waals surface area contributed by atoms with Crippen LogP contribution < -0.4 is 0 Å². The Kier molecular flexibility index (Phi) is 7.58. The largest absolute Gasteiger partial charge is 0.379 e. The Balaban J connectivity index is 1.08. The van der Waals surface area contributed by atoms with Gasteiger partial charge in [-0.25, -0.2) is 8.42 Å². The Bertz CT molecular complexity index is 960. The van der Waals surface area contributed by atoms with Gasteiger partial charge in [-0.1, -0.05) is 6.07 Å². The smallest absolute Gasteiger partial charge is 0.243 e. The average molecular weight is 490 g/mol. The van der Waals surface area contributed by atoms with Crippen LogP contribution in [0.3, 0.4) is 0 Å². The van der Waals surface area contributed by atoms with Gasteiger partial charge in [-0.3, -0.25) is 9.69 Å². The van der Waals surface area contributed by atoms with Crippen molar-refractivity contribution in [1.82, 2.24) is 14.1 Å². The van der Waals surface area contributed by atoms with Gasteiger partial charge in [0.2, 0.25) is 15.9 Å². The molecule has 7 nitrogen and oxygen atoms in total. The molecule has 0 bridgehead atoms. The number of hydrogen-bond acceptors (Lipinski definition) is 5. The van der Waals surface area contributed by atoms with Crippen molar-refractivity contribution in [2.45, 2.75) is 56.3 Å². The molecule has 3 saturated heterocycles. The minimum atomic E-state index is -3.48. The van der Waals surface area contributed by atoms with Gasteiger partial charge in [-0.05, 0) is 87.1 Å². The number of amides is 1. The van der Waals surface area contributed by atoms with Crippen LogP contribution in [-0.4, -0.2) is 87.5 Å². The number of rotatable bonds is 6. The van der Waals surface area contributed by atoms with Crippen LogP contribution in [0.25, 0.3) is 0 Å². The number of fused-ring (bicyclic) bond motifs is 1. The van der Waals surface area contributed by atoms with Gasteiger partial charge in [0.05, 0.1) is 18.1 Å². The first-order valence-electron chi connectivity index (χ1n) is 13.2. The van der Waals surface area contributed by atoms with E-state index in [0.29, 0.717) is 36.7 Å². The number of likely N-dealkylation sites (tertiary alicyclic amines) is 1. The fourth-order valence-corrected chi connectivity index (χ4v) is 7.61. The van der Waals surface area contributed by atoms with Crippen LogP contribution >= 0.6 is 0 Å². The normalized spacial score (nSPS) is 23.8. The fourth-order valence-electron chi connectivity index (χ4n) is 6.09. The van der Waals surface area contributed by atoms with E-state index in [1.807, 2.05) is 17.0 Å². The Hall–Kier alpha value is -1.48. The lowest BCUT2D eigenvalue weighted by Gasteiger charge is -2.37. The fraction of sp³-hybridized carbons (Fsp3) is 0.731. The van der Waals surface area contributed by atoms with Crippen LogP contribution in [0.4, 0.5) is 0 Å². The van der Waals surface area contributed by atoms with E-state index < -0.39 is 10.0 Å². The lowest BCUT2D eigenvalue weighted by atomic mass is 9.91. The van der Waals surface area contributed by atoms with Crippen molar-refractivity contribution in [2.24, 2.45) is 11.8 Å². The summed E-state index contributed by atoms with van der Waals surface area (Å²) in [5.74, 6) is 0.892. The maximum Gasteiger partial charge on any atom is 0.243 e. The predicted octanol–water partition coefficient (Wildman–Crippen LogP) is 2.54. The van der Waals surface area contributed by atoms with Gasteiger partial charge in [-0.2, -0.15) is 4.31 Å². The molecule has 1 aromatic rings. The number of ether oxygens (including phenoxy) is 1. The molecule has 0 spiro atoms. The highest BCUT2D eigenvalue weighted by molar-refractivity contribution is 7.89. The topological polar surface area (TPSA) is 70.2 Å². The molecule has 1 aromatic carbocycles. The second-order valence-corrected chi connectivity index (χ2v) is 12.4. The maximum atomic E-state index is 13.2. The molecule has 0 saturated carbocycles. The van der Waals surface area contributed by atoms with Gasteiger partial charge in [-0.15, -0.1) is 0 Å². The third kappa shape index (κ3) is 5.35. The number of aryl methyl sites for hydroxylation is 2. The number of hydrogen-bond donors (Lipinski definition) is 0. The molecule has 0 atom stereocenters. The summed E-state index contributed by atoms with van der Waals surface area (Å²) >= 11 is 0. The minimum Gasteiger partial charge on any atom is -0.379 e. The van der Waals surface area contributed by atoms with Gasteiger partial charge < -0.3 is 9.64 Å². The summed E-state index contributed by atoms with van der Waals surface area (Å²) in [5.41, 5.74) is 2.47. The summed E-state index contributed by atoms with van der Waals surface area (Å²) in [6.07, 6.45) is 7.76. The molecule has 188 valence electrons. The lowest BCUT2D eigenvalue weighted by Crippen LogP contribution is -2.46. The van der Waals surface area contributed by atoms with Crippen LogP contribution in [0.1, 0.15) is 49.7 Å². The Morgan fingerprint density at radius 3 is 2.35 bits per heavy atom. The molecule has 1 amide bonds. The zero-order valence-electron chi connectivity index (χ0n) is 20.3. The third-order valence-electron chi connectivity index (χ3n) is 8.39. The van der Waals surface area contributed by atoms with E-state index >= 15 is 0 Å². The van der Waals surface area contributed by atoms with Gasteiger partial charge in [0.1, 0.15) is 0 Å². The molecule has 0 N–H and O–H groups in total. The summed E-state index contributed by atoms with van der Waals surface area (Å²) in [7, 11) is -3.48. The molecule has 8 heteroatoms. The Morgan fingerprint density at radius 1 is 0.912 bits per heavy atom. The zero-order chi connectivity index (χ0) is 23.5. The van der Waals surface area contributed by atoms with Crippen molar-refractivity contribution in [1.29, 1.82) is 0 Å². The van der Waals surface area contributed by atoms with Crippen molar-refractivity contribution in [3.63, 3.8) is 0 Å². The minimum absolute atomic E-state index is 0.0450. The number of sulfonamides is 1. The van der Waals surface area contributed by atoms with E-state index in [0.717, 1.165) is 78.0 Å². The molecule has 3 aliphatic heterocycles. The van der Waals surface area contributed by atoms with Gasteiger partial charge >= 0.3 is 0 Å². The SMILES string of the molecule is O=C(C1CCN(S(=O)(=O)c2ccc3c(c2)CCC3)CC1)N1CCC(CCN2CCOCC2)CC1. The molecule has 0 aromatic heterocycles. The number of benzene rings is 1. The standard InChI is InChI=1S/C26H39N3O4S/c30-26(28-12-7-21(8-13-28)6-11-27-16-18-33-19-17-27)23-9-14-29(15-10-23)34(31,32)25-5-4-22-2-1-3-24(22)20-25/h4-5,20-21,23H,1-3,6-19H2. The first-order valence-corrected chi connectivity index (χ1v) is 14.7. The number of nitrogens with zero attached hydrogens (tertiary/aromatic N) is 3. The van der Waals surface area contributed by atoms with E-state index in [1.54, 1.807) is 10.4 Å². The average Bonchev–Trinajstić information content (AvgIpc) is 3.36. The maximum absolute atomic E-state index is 13.2. The summed E-state index contributed by atoms with van der Waals surface area (Å²) in [5, 5.41) is 0. The summed E-state index contributed by atoms with van der Waals surface area (Å²) in [4.78, 5) is 18.1. The van der Waals surface area contributed by atoms with Crippen LogP contribution in [0.15, 0.2) is 23.1 Å². The van der Waals surface area contributed by atoms with Gasteiger partial charge in [0, 0.05) is 45.2 Å². The summed E-state index contributed by atoms with van der Waals surface area (Å²) in [6.45, 7) is 7.48. The van der Waals surface area contributed by atoms with Crippen molar-refractivity contribution >= 4 is 15.9 Å². The molecular weight excluding hydrogens is 450 g/mol. The number of piperidine rings is 2. The van der Waals surface area contributed by atoms with Crippen LogP contribution in [0.5, 0.6) is 0 Å². The van der Waals surface area contributed by atoms with E-state index in [4.69, 9.17) is 4.74 Å². The first-order chi connectivity index (χ1) is 16.5. The van der Waals surface area contributed by atoms with Gasteiger partial charge in [0.15, 0.2) is 0 Å².